The van der Waals surface area contributed by atoms with Crippen LogP contribution in [0.2, 0.25) is 0 Å². The van der Waals surface area contributed by atoms with Crippen LogP contribution in [0.15, 0.2) is 52.9 Å². The highest BCUT2D eigenvalue weighted by molar-refractivity contribution is 5.94. The zero-order chi connectivity index (χ0) is 18.6. The quantitative estimate of drug-likeness (QED) is 0.692. The fourth-order valence-corrected chi connectivity index (χ4v) is 3.43. The summed E-state index contributed by atoms with van der Waals surface area (Å²) in [5.74, 6) is 1.61. The van der Waals surface area contributed by atoms with Crippen LogP contribution in [-0.4, -0.2) is 29.8 Å². The van der Waals surface area contributed by atoms with Crippen molar-refractivity contribution >= 4 is 11.6 Å². The van der Waals surface area contributed by atoms with Gasteiger partial charge in [-0.2, -0.15) is 0 Å². The molecule has 3 aromatic rings. The van der Waals surface area contributed by atoms with E-state index >= 15 is 0 Å². The number of fused-ring (bicyclic) bond motifs is 1. The number of carbonyl (C=O) groups is 1. The first-order valence-corrected chi connectivity index (χ1v) is 9.10. The Morgan fingerprint density at radius 1 is 1.15 bits per heavy atom. The molecule has 0 N–H and O–H groups in total. The number of ether oxygens (including phenoxy) is 1. The van der Waals surface area contributed by atoms with E-state index in [0.29, 0.717) is 30.4 Å². The van der Waals surface area contributed by atoms with Crippen LogP contribution in [0.25, 0.3) is 11.5 Å². The van der Waals surface area contributed by atoms with Gasteiger partial charge in [-0.25, -0.2) is 0 Å². The summed E-state index contributed by atoms with van der Waals surface area (Å²) in [7, 11) is 1.60. The van der Waals surface area contributed by atoms with Gasteiger partial charge in [0.1, 0.15) is 5.75 Å². The topological polar surface area (TPSA) is 68.5 Å². The maximum Gasteiger partial charge on any atom is 0.251 e. The second-order valence-electron chi connectivity index (χ2n) is 6.48. The molecule has 6 nitrogen and oxygen atoms in total. The number of amides is 1. The minimum Gasteiger partial charge on any atom is -0.496 e. The number of benzene rings is 2. The Hall–Kier alpha value is -3.15. The Kier molecular flexibility index (Phi) is 4.87. The van der Waals surface area contributed by atoms with E-state index < -0.39 is 0 Å². The molecule has 1 aliphatic rings. The predicted octanol–water partition coefficient (Wildman–Crippen LogP) is 3.66. The standard InChI is InChI=1S/C21H21N3O3/c1-26-18-11-5-3-9-16(18)21-23-22-19(27-21)12-13-20(25)24-14-6-8-15-7-2-4-10-17(15)24/h2-5,7,9-11H,6,8,12-14H2,1H3. The number of aromatic nitrogens is 2. The molecule has 6 heteroatoms. The summed E-state index contributed by atoms with van der Waals surface area (Å²) in [4.78, 5) is 14.6. The van der Waals surface area contributed by atoms with Gasteiger partial charge in [0.15, 0.2) is 0 Å². The van der Waals surface area contributed by atoms with E-state index in [1.807, 2.05) is 47.4 Å². The minimum absolute atomic E-state index is 0.0826. The normalized spacial score (nSPS) is 13.3. The number of methoxy groups -OCH3 is 1. The highest BCUT2D eigenvalue weighted by Crippen LogP contribution is 2.29. The molecule has 0 saturated heterocycles. The second-order valence-corrected chi connectivity index (χ2v) is 6.48. The summed E-state index contributed by atoms with van der Waals surface area (Å²) in [6, 6.07) is 15.6. The second kappa shape index (κ2) is 7.61. The lowest BCUT2D eigenvalue weighted by atomic mass is 10.0. The summed E-state index contributed by atoms with van der Waals surface area (Å²) in [5.41, 5.74) is 3.00. The molecule has 0 aliphatic carbocycles. The first kappa shape index (κ1) is 17.3. The smallest absolute Gasteiger partial charge is 0.251 e. The van der Waals surface area contributed by atoms with Crippen molar-refractivity contribution in [2.24, 2.45) is 0 Å². The molecule has 1 aliphatic heterocycles. The Labute approximate surface area is 157 Å². The summed E-state index contributed by atoms with van der Waals surface area (Å²) >= 11 is 0. The SMILES string of the molecule is COc1ccccc1-c1nnc(CCC(=O)N2CCCc3ccccc32)o1. The zero-order valence-corrected chi connectivity index (χ0v) is 15.2. The molecular weight excluding hydrogens is 342 g/mol. The van der Waals surface area contributed by atoms with Crippen LogP contribution >= 0.6 is 0 Å². The molecule has 0 saturated carbocycles. The minimum atomic E-state index is 0.0826. The third kappa shape index (κ3) is 3.56. The molecular formula is C21H21N3O3. The molecule has 27 heavy (non-hydrogen) atoms. The number of hydrogen-bond donors (Lipinski definition) is 0. The fraction of sp³-hybridized carbons (Fsp3) is 0.286. The summed E-state index contributed by atoms with van der Waals surface area (Å²) in [5, 5.41) is 8.19. The van der Waals surface area contributed by atoms with Gasteiger partial charge in [0.05, 0.1) is 12.7 Å². The van der Waals surface area contributed by atoms with Crippen molar-refractivity contribution in [2.45, 2.75) is 25.7 Å². The number of rotatable bonds is 5. The van der Waals surface area contributed by atoms with E-state index in [-0.39, 0.29) is 5.91 Å². The molecule has 1 amide bonds. The van der Waals surface area contributed by atoms with Gasteiger partial charge in [-0.1, -0.05) is 30.3 Å². The van der Waals surface area contributed by atoms with Crippen molar-refractivity contribution in [1.29, 1.82) is 0 Å². The number of aryl methyl sites for hydroxylation is 2. The fourth-order valence-electron chi connectivity index (χ4n) is 3.43. The van der Waals surface area contributed by atoms with Gasteiger partial charge in [0, 0.05) is 25.1 Å². The van der Waals surface area contributed by atoms with E-state index in [2.05, 4.69) is 16.3 Å². The average Bonchev–Trinajstić information content (AvgIpc) is 3.20. The number of hydrogen-bond acceptors (Lipinski definition) is 5. The maximum absolute atomic E-state index is 12.7. The summed E-state index contributed by atoms with van der Waals surface area (Å²) < 4.78 is 11.1. The van der Waals surface area contributed by atoms with E-state index in [1.165, 1.54) is 5.56 Å². The first-order chi connectivity index (χ1) is 13.3. The van der Waals surface area contributed by atoms with E-state index in [9.17, 15) is 4.79 Å². The molecule has 2 heterocycles. The van der Waals surface area contributed by atoms with E-state index in [0.717, 1.165) is 30.6 Å². The van der Waals surface area contributed by atoms with Crippen LogP contribution in [0.5, 0.6) is 5.75 Å². The molecule has 0 atom stereocenters. The van der Waals surface area contributed by atoms with Gasteiger partial charge in [0.2, 0.25) is 11.8 Å². The monoisotopic (exact) mass is 363 g/mol. The van der Waals surface area contributed by atoms with E-state index in [1.54, 1.807) is 7.11 Å². The lowest BCUT2D eigenvalue weighted by molar-refractivity contribution is -0.118. The molecule has 0 radical (unpaired) electrons. The maximum atomic E-state index is 12.7. The molecule has 138 valence electrons. The van der Waals surface area contributed by atoms with Crippen LogP contribution in [-0.2, 0) is 17.6 Å². The Balaban J connectivity index is 1.44. The number of anilines is 1. The number of para-hydroxylation sites is 2. The van der Waals surface area contributed by atoms with Crippen molar-refractivity contribution < 1.29 is 13.9 Å². The van der Waals surface area contributed by atoms with Gasteiger partial charge in [-0.3, -0.25) is 4.79 Å². The highest BCUT2D eigenvalue weighted by Gasteiger charge is 2.22. The first-order valence-electron chi connectivity index (χ1n) is 9.10. The molecule has 4 rings (SSSR count). The number of carbonyl (C=O) groups excluding carboxylic acids is 1. The van der Waals surface area contributed by atoms with Gasteiger partial charge in [-0.15, -0.1) is 10.2 Å². The van der Waals surface area contributed by atoms with Crippen molar-refractivity contribution in [3.8, 4) is 17.2 Å². The van der Waals surface area contributed by atoms with Crippen molar-refractivity contribution in [2.75, 3.05) is 18.6 Å². The van der Waals surface area contributed by atoms with Crippen molar-refractivity contribution in [3.63, 3.8) is 0 Å². The Morgan fingerprint density at radius 2 is 1.96 bits per heavy atom. The molecule has 1 aromatic heterocycles. The molecule has 0 fully saturated rings. The summed E-state index contributed by atoms with van der Waals surface area (Å²) in [6.45, 7) is 0.756. The largest absolute Gasteiger partial charge is 0.496 e. The Morgan fingerprint density at radius 3 is 2.85 bits per heavy atom. The van der Waals surface area contributed by atoms with Crippen LogP contribution in [0.3, 0.4) is 0 Å². The van der Waals surface area contributed by atoms with Crippen molar-refractivity contribution in [1.82, 2.24) is 10.2 Å². The van der Waals surface area contributed by atoms with Crippen LogP contribution in [0, 0.1) is 0 Å². The highest BCUT2D eigenvalue weighted by atomic mass is 16.5. The lowest BCUT2D eigenvalue weighted by Gasteiger charge is -2.29. The third-order valence-corrected chi connectivity index (χ3v) is 4.77. The predicted molar refractivity (Wildman–Crippen MR) is 102 cm³/mol. The molecule has 2 aromatic carbocycles. The number of nitrogens with zero attached hydrogens (tertiary/aromatic N) is 3. The van der Waals surface area contributed by atoms with Gasteiger partial charge in [0.25, 0.3) is 5.89 Å². The van der Waals surface area contributed by atoms with Crippen molar-refractivity contribution in [3.05, 3.63) is 60.0 Å². The van der Waals surface area contributed by atoms with Crippen LogP contribution in [0.1, 0.15) is 24.3 Å². The van der Waals surface area contributed by atoms with Gasteiger partial charge >= 0.3 is 0 Å². The Bertz CT molecular complexity index is 951. The summed E-state index contributed by atoms with van der Waals surface area (Å²) in [6.07, 6.45) is 2.76. The zero-order valence-electron chi connectivity index (χ0n) is 15.2. The molecule has 0 bridgehead atoms. The van der Waals surface area contributed by atoms with Gasteiger partial charge in [-0.05, 0) is 36.6 Å². The lowest BCUT2D eigenvalue weighted by Crippen LogP contribution is -2.35. The molecule has 0 unspecified atom stereocenters. The van der Waals surface area contributed by atoms with E-state index in [4.69, 9.17) is 9.15 Å². The molecule has 0 spiro atoms. The third-order valence-electron chi connectivity index (χ3n) is 4.77. The van der Waals surface area contributed by atoms with Gasteiger partial charge < -0.3 is 14.1 Å². The van der Waals surface area contributed by atoms with Crippen LogP contribution in [0.4, 0.5) is 5.69 Å². The van der Waals surface area contributed by atoms with Crippen LogP contribution < -0.4 is 9.64 Å². The average molecular weight is 363 g/mol.